The summed E-state index contributed by atoms with van der Waals surface area (Å²) in [6.07, 6.45) is 6.79. The second kappa shape index (κ2) is 10.6. The molecule has 2 aromatic carbocycles. The van der Waals surface area contributed by atoms with Gasteiger partial charge in [-0.1, -0.05) is 36.8 Å². The van der Waals surface area contributed by atoms with Crippen molar-refractivity contribution in [3.63, 3.8) is 0 Å². The van der Waals surface area contributed by atoms with Gasteiger partial charge in [-0.25, -0.2) is 4.98 Å². The highest BCUT2D eigenvalue weighted by Crippen LogP contribution is 2.18. The number of amides is 2. The maximum Gasteiger partial charge on any atom is 0.275 e. The minimum atomic E-state index is -0.336. The molecule has 7 nitrogen and oxygen atoms in total. The van der Waals surface area contributed by atoms with E-state index in [1.54, 1.807) is 18.3 Å². The van der Waals surface area contributed by atoms with Gasteiger partial charge in [0.25, 0.3) is 11.8 Å². The molecule has 0 saturated carbocycles. The normalized spacial score (nSPS) is 14.0. The molecular weight excluding hydrogens is 402 g/mol. The van der Waals surface area contributed by atoms with E-state index in [0.717, 1.165) is 25.2 Å². The average Bonchev–Trinajstić information content (AvgIpc) is 2.85. The monoisotopic (exact) mass is 429 g/mol. The topological polar surface area (TPSA) is 87.2 Å². The lowest BCUT2D eigenvalue weighted by Crippen LogP contribution is -2.37. The average molecular weight is 430 g/mol. The standard InChI is InChI=1S/C25H27N5O2/c31-24(27-12-15-30-13-5-2-6-14-30)20-9-7-8-19(16-20)22-17-26-18-23(29-22)25(32)28-21-10-3-1-4-11-21/h1,3-4,7-11,16-18H,2,5-6,12-15H2,(H,27,31)(H,28,32). The van der Waals surface area contributed by atoms with Crippen LogP contribution in [-0.4, -0.2) is 52.9 Å². The Morgan fingerprint density at radius 2 is 1.72 bits per heavy atom. The molecule has 0 aliphatic carbocycles. The molecule has 2 N–H and O–H groups in total. The number of hydrogen-bond acceptors (Lipinski definition) is 5. The van der Waals surface area contributed by atoms with E-state index in [1.807, 2.05) is 42.5 Å². The van der Waals surface area contributed by atoms with Crippen LogP contribution in [0.4, 0.5) is 5.69 Å². The van der Waals surface area contributed by atoms with E-state index >= 15 is 0 Å². The molecular formula is C25H27N5O2. The Morgan fingerprint density at radius 1 is 0.906 bits per heavy atom. The van der Waals surface area contributed by atoms with Crippen LogP contribution in [0, 0.1) is 0 Å². The first-order chi connectivity index (χ1) is 15.7. The highest BCUT2D eigenvalue weighted by Gasteiger charge is 2.13. The van der Waals surface area contributed by atoms with E-state index in [1.165, 1.54) is 25.5 Å². The summed E-state index contributed by atoms with van der Waals surface area (Å²) >= 11 is 0. The van der Waals surface area contributed by atoms with Gasteiger partial charge in [0.2, 0.25) is 0 Å². The summed E-state index contributed by atoms with van der Waals surface area (Å²) in [5.74, 6) is -0.452. The number of piperidine rings is 1. The number of hydrogen-bond donors (Lipinski definition) is 2. The van der Waals surface area contributed by atoms with Gasteiger partial charge < -0.3 is 15.5 Å². The molecule has 0 spiro atoms. The minimum absolute atomic E-state index is 0.116. The SMILES string of the molecule is O=C(NCCN1CCCCC1)c1cccc(-c2cncc(C(=O)Nc3ccccc3)n2)c1. The maximum atomic E-state index is 12.6. The number of aromatic nitrogens is 2. The van der Waals surface area contributed by atoms with Crippen molar-refractivity contribution in [3.05, 3.63) is 78.2 Å². The lowest BCUT2D eigenvalue weighted by Gasteiger charge is -2.26. The van der Waals surface area contributed by atoms with Crippen molar-refractivity contribution in [3.8, 4) is 11.3 Å². The molecule has 0 radical (unpaired) electrons. The fourth-order valence-corrected chi connectivity index (χ4v) is 3.76. The predicted octanol–water partition coefficient (Wildman–Crippen LogP) is 3.61. The van der Waals surface area contributed by atoms with E-state index in [2.05, 4.69) is 25.5 Å². The van der Waals surface area contributed by atoms with Crippen molar-refractivity contribution in [1.82, 2.24) is 20.2 Å². The van der Waals surface area contributed by atoms with E-state index in [9.17, 15) is 9.59 Å². The summed E-state index contributed by atoms with van der Waals surface area (Å²) in [6.45, 7) is 3.71. The van der Waals surface area contributed by atoms with Crippen LogP contribution in [0.2, 0.25) is 0 Å². The maximum absolute atomic E-state index is 12.6. The third kappa shape index (κ3) is 5.76. The minimum Gasteiger partial charge on any atom is -0.351 e. The molecule has 0 bridgehead atoms. The number of likely N-dealkylation sites (tertiary alicyclic amines) is 1. The Bertz CT molecular complexity index is 1060. The summed E-state index contributed by atoms with van der Waals surface area (Å²) in [4.78, 5) is 36.2. The van der Waals surface area contributed by atoms with Gasteiger partial charge in [-0.2, -0.15) is 0 Å². The first kappa shape index (κ1) is 21.6. The number of para-hydroxylation sites is 1. The number of nitrogens with one attached hydrogen (secondary N) is 2. The zero-order chi connectivity index (χ0) is 22.2. The first-order valence-corrected chi connectivity index (χ1v) is 11.0. The van der Waals surface area contributed by atoms with Crippen molar-refractivity contribution in [1.29, 1.82) is 0 Å². The van der Waals surface area contributed by atoms with Crippen LogP contribution in [0.1, 0.15) is 40.1 Å². The predicted molar refractivity (Wildman–Crippen MR) is 124 cm³/mol. The van der Waals surface area contributed by atoms with Crippen LogP contribution in [-0.2, 0) is 0 Å². The Balaban J connectivity index is 1.40. The summed E-state index contributed by atoms with van der Waals surface area (Å²) in [5.41, 5.74) is 2.72. The second-order valence-corrected chi connectivity index (χ2v) is 7.85. The Kier molecular flexibility index (Phi) is 7.19. The van der Waals surface area contributed by atoms with E-state index in [-0.39, 0.29) is 17.5 Å². The van der Waals surface area contributed by atoms with E-state index < -0.39 is 0 Å². The molecule has 1 saturated heterocycles. The number of carbonyl (C=O) groups excluding carboxylic acids is 2. The van der Waals surface area contributed by atoms with Crippen LogP contribution in [0.25, 0.3) is 11.3 Å². The van der Waals surface area contributed by atoms with Crippen molar-refractivity contribution in [2.75, 3.05) is 31.5 Å². The number of carbonyl (C=O) groups is 2. The van der Waals surface area contributed by atoms with Crippen molar-refractivity contribution in [2.45, 2.75) is 19.3 Å². The molecule has 2 amide bonds. The third-order valence-corrected chi connectivity index (χ3v) is 5.48. The number of rotatable bonds is 7. The van der Waals surface area contributed by atoms with Gasteiger partial charge in [0.1, 0.15) is 5.69 Å². The smallest absolute Gasteiger partial charge is 0.275 e. The molecule has 164 valence electrons. The summed E-state index contributed by atoms with van der Waals surface area (Å²) in [7, 11) is 0. The fraction of sp³-hybridized carbons (Fsp3) is 0.280. The quantitative estimate of drug-likeness (QED) is 0.599. The van der Waals surface area contributed by atoms with Crippen molar-refractivity contribution in [2.24, 2.45) is 0 Å². The molecule has 2 heterocycles. The fourth-order valence-electron chi connectivity index (χ4n) is 3.76. The zero-order valence-electron chi connectivity index (χ0n) is 18.0. The third-order valence-electron chi connectivity index (χ3n) is 5.48. The molecule has 7 heteroatoms. The van der Waals surface area contributed by atoms with Crippen LogP contribution in [0.15, 0.2) is 67.0 Å². The second-order valence-electron chi connectivity index (χ2n) is 7.85. The molecule has 1 aliphatic rings. The van der Waals surface area contributed by atoms with Gasteiger partial charge in [0.05, 0.1) is 18.1 Å². The molecule has 0 unspecified atom stereocenters. The zero-order valence-corrected chi connectivity index (χ0v) is 18.0. The molecule has 4 rings (SSSR count). The molecule has 3 aromatic rings. The van der Waals surface area contributed by atoms with Gasteiger partial charge in [0, 0.05) is 29.9 Å². The summed E-state index contributed by atoms with van der Waals surface area (Å²) < 4.78 is 0. The van der Waals surface area contributed by atoms with Gasteiger partial charge in [-0.15, -0.1) is 0 Å². The lowest BCUT2D eigenvalue weighted by molar-refractivity contribution is 0.0945. The molecule has 1 fully saturated rings. The van der Waals surface area contributed by atoms with E-state index in [4.69, 9.17) is 0 Å². The number of nitrogens with zero attached hydrogens (tertiary/aromatic N) is 3. The van der Waals surface area contributed by atoms with Crippen molar-refractivity contribution >= 4 is 17.5 Å². The molecule has 32 heavy (non-hydrogen) atoms. The molecule has 1 aliphatic heterocycles. The Morgan fingerprint density at radius 3 is 2.53 bits per heavy atom. The molecule has 0 atom stereocenters. The Labute approximate surface area is 187 Å². The highest BCUT2D eigenvalue weighted by atomic mass is 16.2. The highest BCUT2D eigenvalue weighted by molar-refractivity contribution is 6.03. The van der Waals surface area contributed by atoms with Crippen LogP contribution >= 0.6 is 0 Å². The van der Waals surface area contributed by atoms with Gasteiger partial charge >= 0.3 is 0 Å². The largest absolute Gasteiger partial charge is 0.351 e. The first-order valence-electron chi connectivity index (χ1n) is 11.0. The number of anilines is 1. The lowest BCUT2D eigenvalue weighted by atomic mass is 10.1. The summed E-state index contributed by atoms with van der Waals surface area (Å²) in [5, 5.41) is 5.81. The van der Waals surface area contributed by atoms with Crippen molar-refractivity contribution < 1.29 is 9.59 Å². The van der Waals surface area contributed by atoms with Crippen LogP contribution in [0.5, 0.6) is 0 Å². The van der Waals surface area contributed by atoms with Gasteiger partial charge in [0.15, 0.2) is 0 Å². The van der Waals surface area contributed by atoms with Gasteiger partial charge in [-0.3, -0.25) is 14.6 Å². The van der Waals surface area contributed by atoms with Crippen LogP contribution < -0.4 is 10.6 Å². The Hall–Kier alpha value is -3.58. The summed E-state index contributed by atoms with van der Waals surface area (Å²) in [6, 6.07) is 16.4. The van der Waals surface area contributed by atoms with E-state index in [0.29, 0.717) is 23.5 Å². The number of benzene rings is 2. The van der Waals surface area contributed by atoms with Gasteiger partial charge in [-0.05, 0) is 50.2 Å². The van der Waals surface area contributed by atoms with Crippen LogP contribution in [0.3, 0.4) is 0 Å². The molecule has 1 aromatic heterocycles.